The maximum absolute atomic E-state index is 12.9. The van der Waals surface area contributed by atoms with Gasteiger partial charge in [0, 0.05) is 6.54 Å². The molecule has 6 heteroatoms. The molecule has 6 rings (SSSR count). The normalized spacial score (nSPS) is 26.7. The van der Waals surface area contributed by atoms with Gasteiger partial charge in [0.05, 0.1) is 11.9 Å². The summed E-state index contributed by atoms with van der Waals surface area (Å²) < 4.78 is 26.6. The molecule has 0 saturated heterocycles. The SMILES string of the molecule is CCc1ccc(CC)c(CNC(=O)CN(c2ccc(C34CC5CC(CC(C5)C3)C4)cc2)S(C)(=O)=O)c1. The number of carbonyl (C=O) groups excluding carboxylic acids is 1. The van der Waals surface area contributed by atoms with E-state index >= 15 is 0 Å². The van der Waals surface area contributed by atoms with Gasteiger partial charge in [-0.3, -0.25) is 9.10 Å². The van der Waals surface area contributed by atoms with Gasteiger partial charge in [-0.25, -0.2) is 8.42 Å². The third kappa shape index (κ3) is 5.06. The molecule has 4 saturated carbocycles. The molecule has 4 aliphatic carbocycles. The van der Waals surface area contributed by atoms with Crippen LogP contribution in [0.15, 0.2) is 42.5 Å². The zero-order valence-electron chi connectivity index (χ0n) is 21.9. The fourth-order valence-electron chi connectivity index (χ4n) is 7.63. The van der Waals surface area contributed by atoms with Crippen LogP contribution in [-0.4, -0.2) is 27.1 Å². The molecule has 0 aromatic heterocycles. The lowest BCUT2D eigenvalue weighted by Crippen LogP contribution is -2.48. The Labute approximate surface area is 216 Å². The molecule has 4 aliphatic rings. The highest BCUT2D eigenvalue weighted by Crippen LogP contribution is 2.60. The first-order chi connectivity index (χ1) is 17.2. The van der Waals surface area contributed by atoms with E-state index < -0.39 is 10.0 Å². The maximum atomic E-state index is 12.9. The van der Waals surface area contributed by atoms with Crippen molar-refractivity contribution in [3.05, 3.63) is 64.7 Å². The highest BCUT2D eigenvalue weighted by molar-refractivity contribution is 7.92. The summed E-state index contributed by atoms with van der Waals surface area (Å²) in [5, 5.41) is 2.95. The van der Waals surface area contributed by atoms with Gasteiger partial charge in [0.2, 0.25) is 15.9 Å². The average Bonchev–Trinajstić information content (AvgIpc) is 2.84. The first-order valence-corrected chi connectivity index (χ1v) is 15.5. The predicted molar refractivity (Wildman–Crippen MR) is 146 cm³/mol. The number of benzene rings is 2. The Morgan fingerprint density at radius 2 is 1.53 bits per heavy atom. The lowest BCUT2D eigenvalue weighted by molar-refractivity contribution is -0.119. The second-order valence-electron chi connectivity index (χ2n) is 11.6. The fraction of sp³-hybridized carbons (Fsp3) is 0.567. The van der Waals surface area contributed by atoms with E-state index in [0.717, 1.165) is 36.2 Å². The molecule has 4 fully saturated rings. The van der Waals surface area contributed by atoms with Crippen LogP contribution in [0.2, 0.25) is 0 Å². The van der Waals surface area contributed by atoms with Gasteiger partial charge in [-0.05, 0) is 109 Å². The van der Waals surface area contributed by atoms with E-state index in [2.05, 4.69) is 49.5 Å². The van der Waals surface area contributed by atoms with Gasteiger partial charge in [0.15, 0.2) is 0 Å². The van der Waals surface area contributed by atoms with Crippen molar-refractivity contribution in [3.8, 4) is 0 Å². The van der Waals surface area contributed by atoms with Crippen molar-refractivity contribution in [1.29, 1.82) is 0 Å². The van der Waals surface area contributed by atoms with Gasteiger partial charge in [-0.1, -0.05) is 44.2 Å². The lowest BCUT2D eigenvalue weighted by Gasteiger charge is -2.57. The molecule has 0 spiro atoms. The number of hydrogen-bond acceptors (Lipinski definition) is 3. The summed E-state index contributed by atoms with van der Waals surface area (Å²) in [4.78, 5) is 12.9. The van der Waals surface area contributed by atoms with Crippen LogP contribution in [0.25, 0.3) is 0 Å². The van der Waals surface area contributed by atoms with Crippen LogP contribution in [0.1, 0.15) is 74.6 Å². The van der Waals surface area contributed by atoms with Gasteiger partial charge in [-0.15, -0.1) is 0 Å². The van der Waals surface area contributed by atoms with Gasteiger partial charge >= 0.3 is 0 Å². The highest BCUT2D eigenvalue weighted by Gasteiger charge is 2.51. The zero-order valence-corrected chi connectivity index (χ0v) is 22.7. The molecule has 2 aromatic carbocycles. The molecular weight excluding hydrogens is 468 g/mol. The Bertz CT molecular complexity index is 1180. The minimum Gasteiger partial charge on any atom is -0.350 e. The van der Waals surface area contributed by atoms with E-state index in [1.54, 1.807) is 0 Å². The third-order valence-corrected chi connectivity index (χ3v) is 10.2. The number of sulfonamides is 1. The number of amides is 1. The summed E-state index contributed by atoms with van der Waals surface area (Å²) in [6, 6.07) is 14.4. The molecule has 0 aliphatic heterocycles. The summed E-state index contributed by atoms with van der Waals surface area (Å²) >= 11 is 0. The third-order valence-electron chi connectivity index (χ3n) is 9.03. The number of hydrogen-bond donors (Lipinski definition) is 1. The molecular formula is C30H40N2O3S. The molecule has 0 radical (unpaired) electrons. The Morgan fingerprint density at radius 1 is 0.917 bits per heavy atom. The Kier molecular flexibility index (Phi) is 6.92. The molecule has 0 atom stereocenters. The van der Waals surface area contributed by atoms with Crippen molar-refractivity contribution in [3.63, 3.8) is 0 Å². The number of anilines is 1. The molecule has 1 amide bonds. The zero-order chi connectivity index (χ0) is 25.5. The van der Waals surface area contributed by atoms with Crippen molar-refractivity contribution in [1.82, 2.24) is 5.32 Å². The number of nitrogens with one attached hydrogen (secondary N) is 1. The van der Waals surface area contributed by atoms with Crippen molar-refractivity contribution in [2.75, 3.05) is 17.1 Å². The largest absolute Gasteiger partial charge is 0.350 e. The number of nitrogens with zero attached hydrogens (tertiary/aromatic N) is 1. The topological polar surface area (TPSA) is 66.5 Å². The van der Waals surface area contributed by atoms with Crippen LogP contribution in [-0.2, 0) is 39.6 Å². The number of rotatable bonds is 9. The number of aryl methyl sites for hydroxylation is 2. The van der Waals surface area contributed by atoms with E-state index in [4.69, 9.17) is 0 Å². The second-order valence-corrected chi connectivity index (χ2v) is 13.5. The van der Waals surface area contributed by atoms with Crippen LogP contribution < -0.4 is 9.62 Å². The van der Waals surface area contributed by atoms with Crippen LogP contribution in [0, 0.1) is 17.8 Å². The van der Waals surface area contributed by atoms with Crippen LogP contribution in [0.3, 0.4) is 0 Å². The summed E-state index contributed by atoms with van der Waals surface area (Å²) in [6.07, 6.45) is 11.0. The molecule has 36 heavy (non-hydrogen) atoms. The van der Waals surface area contributed by atoms with Crippen molar-refractivity contribution in [2.24, 2.45) is 17.8 Å². The van der Waals surface area contributed by atoms with E-state index in [1.165, 1.54) is 65.8 Å². The molecule has 0 unspecified atom stereocenters. The predicted octanol–water partition coefficient (Wildman–Crippen LogP) is 5.36. The average molecular weight is 509 g/mol. The summed E-state index contributed by atoms with van der Waals surface area (Å²) in [5.41, 5.74) is 5.71. The van der Waals surface area contributed by atoms with Gasteiger partial charge in [0.25, 0.3) is 0 Å². The van der Waals surface area contributed by atoms with E-state index in [-0.39, 0.29) is 17.9 Å². The fourth-order valence-corrected chi connectivity index (χ4v) is 8.49. The maximum Gasteiger partial charge on any atom is 0.241 e. The van der Waals surface area contributed by atoms with Crippen LogP contribution in [0.4, 0.5) is 5.69 Å². The smallest absolute Gasteiger partial charge is 0.241 e. The standard InChI is InChI=1S/C30H40N2O3S/c1-4-21-6-7-25(5-2)26(15-21)19-31-29(33)20-32(36(3,34)35)28-10-8-27(9-11-28)30-16-22-12-23(17-30)14-24(13-22)18-30/h6-11,15,22-24H,4-5,12-14,16-20H2,1-3H3,(H,31,33). The second kappa shape index (κ2) is 9.85. The van der Waals surface area contributed by atoms with Gasteiger partial charge in [0.1, 0.15) is 6.54 Å². The first-order valence-electron chi connectivity index (χ1n) is 13.6. The number of carbonyl (C=O) groups is 1. The monoisotopic (exact) mass is 508 g/mol. The molecule has 5 nitrogen and oxygen atoms in total. The first kappa shape index (κ1) is 25.3. The Balaban J connectivity index is 1.29. The van der Waals surface area contributed by atoms with E-state index in [0.29, 0.717) is 12.2 Å². The van der Waals surface area contributed by atoms with Gasteiger partial charge < -0.3 is 5.32 Å². The van der Waals surface area contributed by atoms with E-state index in [9.17, 15) is 13.2 Å². The van der Waals surface area contributed by atoms with Crippen molar-refractivity contribution < 1.29 is 13.2 Å². The minimum atomic E-state index is -3.60. The molecule has 4 bridgehead atoms. The summed E-state index contributed by atoms with van der Waals surface area (Å²) in [5.74, 6) is 2.28. The minimum absolute atomic E-state index is 0.218. The summed E-state index contributed by atoms with van der Waals surface area (Å²) in [7, 11) is -3.60. The van der Waals surface area contributed by atoms with Crippen LogP contribution >= 0.6 is 0 Å². The molecule has 194 valence electrons. The quantitative estimate of drug-likeness (QED) is 0.496. The van der Waals surface area contributed by atoms with Crippen molar-refractivity contribution in [2.45, 2.75) is 77.2 Å². The molecule has 0 heterocycles. The van der Waals surface area contributed by atoms with Crippen LogP contribution in [0.5, 0.6) is 0 Å². The van der Waals surface area contributed by atoms with Gasteiger partial charge in [-0.2, -0.15) is 0 Å². The lowest BCUT2D eigenvalue weighted by atomic mass is 9.48. The Hall–Kier alpha value is -2.34. The van der Waals surface area contributed by atoms with E-state index in [1.807, 2.05) is 12.1 Å². The van der Waals surface area contributed by atoms with Crippen molar-refractivity contribution >= 4 is 21.6 Å². The summed E-state index contributed by atoms with van der Waals surface area (Å²) in [6.45, 7) is 4.40. The highest BCUT2D eigenvalue weighted by atomic mass is 32.2. The molecule has 2 aromatic rings. The Morgan fingerprint density at radius 3 is 2.06 bits per heavy atom. The molecule has 1 N–H and O–H groups in total.